The van der Waals surface area contributed by atoms with Gasteiger partial charge in [-0.25, -0.2) is 0 Å². The first-order valence-electron chi connectivity index (χ1n) is 3.89. The Hall–Kier alpha value is -0.660. The topological polar surface area (TPSA) is 47.7 Å². The molecule has 0 saturated carbocycles. The predicted octanol–water partition coefficient (Wildman–Crippen LogP) is 2.63. The third-order valence-corrected chi connectivity index (χ3v) is 1.47. The summed E-state index contributed by atoms with van der Waals surface area (Å²) in [6.07, 6.45) is 6.67. The molecule has 58 valence electrons. The van der Waals surface area contributed by atoms with Gasteiger partial charge in [0.2, 0.25) is 0 Å². The van der Waals surface area contributed by atoms with Gasteiger partial charge in [0.15, 0.2) is 0 Å². The Morgan fingerprint density at radius 3 is 2.50 bits per heavy atom. The minimum absolute atomic E-state index is 0.455. The van der Waals surface area contributed by atoms with Gasteiger partial charge in [-0.05, 0) is 12.8 Å². The summed E-state index contributed by atoms with van der Waals surface area (Å²) in [6, 6.07) is 0. The highest BCUT2D eigenvalue weighted by atomic mass is 14.4. The second-order valence-electron chi connectivity index (χ2n) is 2.48. The van der Waals surface area contributed by atoms with Crippen molar-refractivity contribution in [2.24, 2.45) is 0 Å². The number of hydrogen-bond acceptors (Lipinski definition) is 2. The van der Waals surface area contributed by atoms with Crippen LogP contribution in [0.2, 0.25) is 0 Å². The van der Waals surface area contributed by atoms with Crippen molar-refractivity contribution in [2.75, 3.05) is 0 Å². The van der Waals surface area contributed by atoms with Crippen LogP contribution >= 0.6 is 0 Å². The maximum Gasteiger partial charge on any atom is 0.0489 e. The minimum Gasteiger partial charge on any atom is -0.307 e. The van der Waals surface area contributed by atoms with Crippen molar-refractivity contribution in [3.05, 3.63) is 0 Å². The van der Waals surface area contributed by atoms with Crippen LogP contribution in [0.4, 0.5) is 0 Å². The lowest BCUT2D eigenvalue weighted by atomic mass is 10.1. The summed E-state index contributed by atoms with van der Waals surface area (Å²) in [7, 11) is 0. The Kier molecular flexibility index (Phi) is 6.03. The summed E-state index contributed by atoms with van der Waals surface area (Å²) in [5.41, 5.74) is 0.455. The largest absolute Gasteiger partial charge is 0.307 e. The highest BCUT2D eigenvalue weighted by Crippen LogP contribution is 2.01. The predicted molar refractivity (Wildman–Crippen MR) is 45.3 cm³/mol. The fourth-order valence-corrected chi connectivity index (χ4v) is 0.814. The normalized spacial score (nSPS) is 9.30. The first-order chi connectivity index (χ1) is 4.81. The minimum atomic E-state index is 0.455. The van der Waals surface area contributed by atoms with Crippen molar-refractivity contribution in [3.63, 3.8) is 0 Å². The molecule has 0 aliphatic heterocycles. The Bertz CT molecular complexity index is 108. The summed E-state index contributed by atoms with van der Waals surface area (Å²) in [4.78, 5) is 0. The van der Waals surface area contributed by atoms with E-state index in [-0.39, 0.29) is 0 Å². The molecule has 0 rings (SSSR count). The van der Waals surface area contributed by atoms with Crippen LogP contribution in [0, 0.1) is 10.8 Å². The molecule has 0 aliphatic rings. The quantitative estimate of drug-likeness (QED) is 0.421. The maximum absolute atomic E-state index is 7.13. The molecule has 0 atom stereocenters. The van der Waals surface area contributed by atoms with Crippen LogP contribution in [0.15, 0.2) is 0 Å². The van der Waals surface area contributed by atoms with Gasteiger partial charge in [0.05, 0.1) is 0 Å². The molecule has 2 N–H and O–H groups in total. The van der Waals surface area contributed by atoms with Gasteiger partial charge in [0.1, 0.15) is 0 Å². The van der Waals surface area contributed by atoms with Crippen LogP contribution in [-0.4, -0.2) is 11.9 Å². The lowest BCUT2D eigenvalue weighted by Crippen LogP contribution is -1.95. The molecule has 0 fully saturated rings. The molecule has 0 aliphatic carbocycles. The molecule has 0 amide bonds. The van der Waals surface area contributed by atoms with E-state index >= 15 is 0 Å². The van der Waals surface area contributed by atoms with Crippen LogP contribution in [0.5, 0.6) is 0 Å². The smallest absolute Gasteiger partial charge is 0.0489 e. The fraction of sp³-hybridized carbons (Fsp3) is 0.750. The first kappa shape index (κ1) is 9.34. The lowest BCUT2D eigenvalue weighted by molar-refractivity contribution is 0.683. The molecule has 0 aromatic carbocycles. The van der Waals surface area contributed by atoms with Gasteiger partial charge in [0.25, 0.3) is 0 Å². The number of hydrogen-bond donors (Lipinski definition) is 2. The van der Waals surface area contributed by atoms with E-state index in [1.54, 1.807) is 0 Å². The van der Waals surface area contributed by atoms with E-state index in [4.69, 9.17) is 10.8 Å². The highest BCUT2D eigenvalue weighted by molar-refractivity contribution is 6.27. The third-order valence-electron chi connectivity index (χ3n) is 1.47. The summed E-state index contributed by atoms with van der Waals surface area (Å²) >= 11 is 0. The zero-order valence-corrected chi connectivity index (χ0v) is 6.61. The van der Waals surface area contributed by atoms with Gasteiger partial charge in [-0.2, -0.15) is 0 Å². The third kappa shape index (κ3) is 5.48. The molecule has 0 saturated heterocycles. The molecule has 10 heavy (non-hydrogen) atoms. The Labute approximate surface area is 62.7 Å². The van der Waals surface area contributed by atoms with Crippen LogP contribution in [0.1, 0.15) is 39.0 Å². The number of unbranched alkanes of at least 4 members (excludes halogenated alkanes) is 3. The Morgan fingerprint density at radius 2 is 2.00 bits per heavy atom. The van der Waals surface area contributed by atoms with Gasteiger partial charge in [-0.3, -0.25) is 0 Å². The molecule has 0 aromatic heterocycles. The summed E-state index contributed by atoms with van der Waals surface area (Å²) in [6.45, 7) is 2.17. The van der Waals surface area contributed by atoms with Crippen molar-refractivity contribution < 1.29 is 0 Å². The second kappa shape index (κ2) is 6.46. The molecular weight excluding hydrogens is 124 g/mol. The lowest BCUT2D eigenvalue weighted by Gasteiger charge is -1.95. The van der Waals surface area contributed by atoms with Crippen molar-refractivity contribution in [3.8, 4) is 0 Å². The van der Waals surface area contributed by atoms with Gasteiger partial charge in [0, 0.05) is 11.9 Å². The zero-order valence-electron chi connectivity index (χ0n) is 6.61. The SMILES string of the molecule is CCCCCCC(=N)C=N. The van der Waals surface area contributed by atoms with E-state index in [0.29, 0.717) is 5.71 Å². The Balaban J connectivity index is 3.03. The van der Waals surface area contributed by atoms with Crippen LogP contribution in [0.3, 0.4) is 0 Å². The maximum atomic E-state index is 7.13. The molecule has 0 radical (unpaired) electrons. The van der Waals surface area contributed by atoms with E-state index in [2.05, 4.69) is 6.92 Å². The van der Waals surface area contributed by atoms with Crippen LogP contribution in [-0.2, 0) is 0 Å². The van der Waals surface area contributed by atoms with Gasteiger partial charge in [-0.1, -0.05) is 26.2 Å². The summed E-state index contributed by atoms with van der Waals surface area (Å²) in [5.74, 6) is 0. The van der Waals surface area contributed by atoms with Gasteiger partial charge < -0.3 is 10.8 Å². The first-order valence-corrected chi connectivity index (χ1v) is 3.89. The van der Waals surface area contributed by atoms with Gasteiger partial charge >= 0.3 is 0 Å². The van der Waals surface area contributed by atoms with E-state index < -0.39 is 0 Å². The van der Waals surface area contributed by atoms with Crippen molar-refractivity contribution in [2.45, 2.75) is 39.0 Å². The van der Waals surface area contributed by atoms with E-state index in [0.717, 1.165) is 19.1 Å². The van der Waals surface area contributed by atoms with Crippen molar-refractivity contribution >= 4 is 11.9 Å². The summed E-state index contributed by atoms with van der Waals surface area (Å²) in [5, 5.41) is 13.9. The molecule has 0 heterocycles. The highest BCUT2D eigenvalue weighted by Gasteiger charge is 1.90. The van der Waals surface area contributed by atoms with Gasteiger partial charge in [-0.15, -0.1) is 0 Å². The Morgan fingerprint density at radius 1 is 1.30 bits per heavy atom. The molecule has 0 unspecified atom stereocenters. The molecule has 2 heteroatoms. The van der Waals surface area contributed by atoms with Crippen LogP contribution < -0.4 is 0 Å². The number of rotatable bonds is 6. The zero-order chi connectivity index (χ0) is 7.82. The van der Waals surface area contributed by atoms with E-state index in [1.165, 1.54) is 19.3 Å². The van der Waals surface area contributed by atoms with Crippen molar-refractivity contribution in [1.82, 2.24) is 0 Å². The van der Waals surface area contributed by atoms with Crippen molar-refractivity contribution in [1.29, 1.82) is 10.8 Å². The second-order valence-corrected chi connectivity index (χ2v) is 2.48. The number of nitrogens with one attached hydrogen (secondary N) is 2. The summed E-state index contributed by atoms with van der Waals surface area (Å²) < 4.78 is 0. The average molecular weight is 140 g/mol. The standard InChI is InChI=1S/C8H16N2/c1-2-3-4-5-6-8(10)7-9/h7,9-10H,2-6H2,1H3. The van der Waals surface area contributed by atoms with Crippen LogP contribution in [0.25, 0.3) is 0 Å². The van der Waals surface area contributed by atoms with E-state index in [1.807, 2.05) is 0 Å². The molecule has 0 spiro atoms. The monoisotopic (exact) mass is 140 g/mol. The molecule has 0 bridgehead atoms. The molecule has 2 nitrogen and oxygen atoms in total. The molecular formula is C8H16N2. The van der Waals surface area contributed by atoms with E-state index in [9.17, 15) is 0 Å². The molecule has 0 aromatic rings. The fourth-order valence-electron chi connectivity index (χ4n) is 0.814. The average Bonchev–Trinajstić information content (AvgIpc) is 1.98.